The molecular weight excluding hydrogens is 165 g/mol. The lowest BCUT2D eigenvalue weighted by Gasteiger charge is -2.13. The summed E-state index contributed by atoms with van der Waals surface area (Å²) in [6.45, 7) is 0. The van der Waals surface area contributed by atoms with E-state index in [4.69, 9.17) is 0 Å². The maximum Gasteiger partial charge on any atom is 0.123 e. The summed E-state index contributed by atoms with van der Waals surface area (Å²) in [6, 6.07) is 6.79. The van der Waals surface area contributed by atoms with Crippen molar-refractivity contribution in [1.29, 1.82) is 0 Å². The molecule has 0 radical (unpaired) electrons. The van der Waals surface area contributed by atoms with Crippen LogP contribution in [-0.2, 0) is 6.42 Å². The summed E-state index contributed by atoms with van der Waals surface area (Å²) in [5.74, 6) is -0.155. The Bertz CT molecular complexity index is 287. The van der Waals surface area contributed by atoms with Gasteiger partial charge in [0.2, 0.25) is 0 Å². The van der Waals surface area contributed by atoms with E-state index in [-0.39, 0.29) is 5.82 Å². The third kappa shape index (κ3) is 1.89. The molecule has 1 nitrogen and oxygen atoms in total. The minimum atomic E-state index is -0.155. The predicted molar refractivity (Wildman–Crippen MR) is 51.1 cm³/mol. The molecule has 0 bridgehead atoms. The predicted octanol–water partition coefficient (Wildman–Crippen LogP) is 2.12. The molecule has 1 aliphatic rings. The van der Waals surface area contributed by atoms with Gasteiger partial charge in [0, 0.05) is 5.54 Å². The van der Waals surface area contributed by atoms with Crippen molar-refractivity contribution >= 4 is 0 Å². The second kappa shape index (κ2) is 3.11. The fraction of sp³-hybridized carbons (Fsp3) is 0.455. The Labute approximate surface area is 78.0 Å². The van der Waals surface area contributed by atoms with Gasteiger partial charge in [-0.25, -0.2) is 4.39 Å². The van der Waals surface area contributed by atoms with E-state index < -0.39 is 0 Å². The molecular formula is C11H14FN. The van der Waals surface area contributed by atoms with Crippen LogP contribution in [0.5, 0.6) is 0 Å². The van der Waals surface area contributed by atoms with Crippen LogP contribution in [-0.4, -0.2) is 12.6 Å². The molecule has 0 saturated heterocycles. The van der Waals surface area contributed by atoms with E-state index in [0.29, 0.717) is 5.54 Å². The van der Waals surface area contributed by atoms with Crippen molar-refractivity contribution < 1.29 is 4.39 Å². The van der Waals surface area contributed by atoms with Gasteiger partial charge in [-0.05, 0) is 44.0 Å². The highest BCUT2D eigenvalue weighted by atomic mass is 19.1. The van der Waals surface area contributed by atoms with E-state index in [1.54, 1.807) is 0 Å². The van der Waals surface area contributed by atoms with Gasteiger partial charge in [-0.2, -0.15) is 0 Å². The van der Waals surface area contributed by atoms with Crippen LogP contribution in [0.15, 0.2) is 24.3 Å². The first-order chi connectivity index (χ1) is 6.24. The highest BCUT2D eigenvalue weighted by molar-refractivity contribution is 5.21. The highest BCUT2D eigenvalue weighted by Gasteiger charge is 2.40. The van der Waals surface area contributed by atoms with Gasteiger partial charge in [-0.1, -0.05) is 12.1 Å². The summed E-state index contributed by atoms with van der Waals surface area (Å²) in [5.41, 5.74) is 1.53. The Kier molecular flexibility index (Phi) is 2.08. The molecule has 13 heavy (non-hydrogen) atoms. The molecule has 2 heteroatoms. The first-order valence-corrected chi connectivity index (χ1v) is 4.67. The number of halogens is 1. The maximum atomic E-state index is 12.6. The first-order valence-electron chi connectivity index (χ1n) is 4.67. The van der Waals surface area contributed by atoms with E-state index in [1.165, 1.54) is 30.5 Å². The van der Waals surface area contributed by atoms with Crippen LogP contribution in [0.4, 0.5) is 4.39 Å². The number of hydrogen-bond donors (Lipinski definition) is 1. The molecule has 2 rings (SSSR count). The van der Waals surface area contributed by atoms with Crippen LogP contribution in [0.3, 0.4) is 0 Å². The van der Waals surface area contributed by atoms with E-state index in [9.17, 15) is 4.39 Å². The number of rotatable bonds is 3. The quantitative estimate of drug-likeness (QED) is 0.749. The lowest BCUT2D eigenvalue weighted by Crippen LogP contribution is -2.29. The van der Waals surface area contributed by atoms with Gasteiger partial charge in [-0.15, -0.1) is 0 Å². The summed E-state index contributed by atoms with van der Waals surface area (Å²) in [7, 11) is 2.00. The van der Waals surface area contributed by atoms with Crippen molar-refractivity contribution in [3.8, 4) is 0 Å². The molecule has 0 spiro atoms. The summed E-state index contributed by atoms with van der Waals surface area (Å²) in [4.78, 5) is 0. The molecule has 0 aromatic heterocycles. The lowest BCUT2D eigenvalue weighted by atomic mass is 10.0. The summed E-state index contributed by atoms with van der Waals surface area (Å²) >= 11 is 0. The molecule has 0 atom stereocenters. The van der Waals surface area contributed by atoms with E-state index >= 15 is 0 Å². The van der Waals surface area contributed by atoms with Gasteiger partial charge in [0.05, 0.1) is 0 Å². The van der Waals surface area contributed by atoms with E-state index in [2.05, 4.69) is 5.32 Å². The topological polar surface area (TPSA) is 12.0 Å². The lowest BCUT2D eigenvalue weighted by molar-refractivity contribution is 0.547. The third-order valence-electron chi connectivity index (χ3n) is 2.84. The van der Waals surface area contributed by atoms with Gasteiger partial charge in [0.15, 0.2) is 0 Å². The summed E-state index contributed by atoms with van der Waals surface area (Å²) < 4.78 is 12.6. The monoisotopic (exact) mass is 179 g/mol. The van der Waals surface area contributed by atoms with Gasteiger partial charge < -0.3 is 5.32 Å². The van der Waals surface area contributed by atoms with Crippen LogP contribution in [0, 0.1) is 5.82 Å². The maximum absolute atomic E-state index is 12.6. The Morgan fingerprint density at radius 1 is 1.31 bits per heavy atom. The second-order valence-electron chi connectivity index (χ2n) is 3.83. The van der Waals surface area contributed by atoms with Crippen molar-refractivity contribution in [3.63, 3.8) is 0 Å². The van der Waals surface area contributed by atoms with Gasteiger partial charge >= 0.3 is 0 Å². The van der Waals surface area contributed by atoms with Crippen LogP contribution in [0.1, 0.15) is 18.4 Å². The largest absolute Gasteiger partial charge is 0.314 e. The summed E-state index contributed by atoms with van der Waals surface area (Å²) in [5, 5.41) is 3.32. The Morgan fingerprint density at radius 3 is 2.38 bits per heavy atom. The van der Waals surface area contributed by atoms with Crippen LogP contribution >= 0.6 is 0 Å². The second-order valence-corrected chi connectivity index (χ2v) is 3.83. The molecule has 0 aliphatic heterocycles. The highest BCUT2D eigenvalue weighted by Crippen LogP contribution is 2.37. The van der Waals surface area contributed by atoms with Crippen LogP contribution in [0.25, 0.3) is 0 Å². The normalized spacial score (nSPS) is 18.6. The fourth-order valence-electron chi connectivity index (χ4n) is 1.66. The van der Waals surface area contributed by atoms with Gasteiger partial charge in [0.25, 0.3) is 0 Å². The standard InChI is InChI=1S/C11H14FN/c1-13-11(6-7-11)8-9-2-4-10(12)5-3-9/h2-5,13H,6-8H2,1H3. The number of nitrogens with one attached hydrogen (secondary N) is 1. The Balaban J connectivity index is 2.06. The molecule has 1 aliphatic carbocycles. The van der Waals surface area contributed by atoms with E-state index in [0.717, 1.165) is 6.42 Å². The van der Waals surface area contributed by atoms with E-state index in [1.807, 2.05) is 19.2 Å². The minimum absolute atomic E-state index is 0.155. The van der Waals surface area contributed by atoms with Crippen molar-refractivity contribution in [2.75, 3.05) is 7.05 Å². The number of benzene rings is 1. The zero-order valence-electron chi connectivity index (χ0n) is 7.81. The zero-order chi connectivity index (χ0) is 9.31. The molecule has 1 N–H and O–H groups in total. The fourth-order valence-corrected chi connectivity index (χ4v) is 1.66. The minimum Gasteiger partial charge on any atom is -0.314 e. The van der Waals surface area contributed by atoms with Crippen LogP contribution < -0.4 is 5.32 Å². The van der Waals surface area contributed by atoms with Crippen molar-refractivity contribution in [1.82, 2.24) is 5.32 Å². The van der Waals surface area contributed by atoms with Gasteiger partial charge in [0.1, 0.15) is 5.82 Å². The van der Waals surface area contributed by atoms with Crippen molar-refractivity contribution in [2.24, 2.45) is 0 Å². The first kappa shape index (κ1) is 8.70. The van der Waals surface area contributed by atoms with Crippen molar-refractivity contribution in [3.05, 3.63) is 35.6 Å². The zero-order valence-corrected chi connectivity index (χ0v) is 7.81. The molecule has 0 unspecified atom stereocenters. The molecule has 1 aromatic carbocycles. The Morgan fingerprint density at radius 2 is 1.92 bits per heavy atom. The molecule has 70 valence electrons. The Hall–Kier alpha value is -0.890. The molecule has 0 amide bonds. The SMILES string of the molecule is CNC1(Cc2ccc(F)cc2)CC1. The molecule has 0 heterocycles. The molecule has 1 saturated carbocycles. The number of hydrogen-bond acceptors (Lipinski definition) is 1. The van der Waals surface area contributed by atoms with Crippen molar-refractivity contribution in [2.45, 2.75) is 24.8 Å². The molecule has 1 aromatic rings. The average Bonchev–Trinajstić information content (AvgIpc) is 2.90. The average molecular weight is 179 g/mol. The van der Waals surface area contributed by atoms with Crippen LogP contribution in [0.2, 0.25) is 0 Å². The molecule has 1 fully saturated rings. The number of likely N-dealkylation sites (N-methyl/N-ethyl adjacent to an activating group) is 1. The third-order valence-corrected chi connectivity index (χ3v) is 2.84. The smallest absolute Gasteiger partial charge is 0.123 e. The summed E-state index contributed by atoms with van der Waals surface area (Å²) in [6.07, 6.45) is 3.49. The van der Waals surface area contributed by atoms with Gasteiger partial charge in [-0.3, -0.25) is 0 Å².